The predicted octanol–water partition coefficient (Wildman–Crippen LogP) is 4.09. The summed E-state index contributed by atoms with van der Waals surface area (Å²) >= 11 is 0. The summed E-state index contributed by atoms with van der Waals surface area (Å²) in [4.78, 5) is 2.40. The zero-order chi connectivity index (χ0) is 17.8. The maximum absolute atomic E-state index is 10.1. The van der Waals surface area contributed by atoms with Crippen LogP contribution in [0.2, 0.25) is 0 Å². The van der Waals surface area contributed by atoms with Crippen LogP contribution in [0, 0.1) is 13.8 Å². The van der Waals surface area contributed by atoms with Gasteiger partial charge >= 0.3 is 0 Å². The monoisotopic (exact) mass is 340 g/mol. The molecule has 2 aromatic carbocycles. The number of benzene rings is 2. The zero-order valence-electron chi connectivity index (χ0n) is 15.4. The number of likely N-dealkylation sites (tertiary alicyclic amines) is 1. The molecule has 1 saturated heterocycles. The number of rotatable bonds is 5. The van der Waals surface area contributed by atoms with Gasteiger partial charge in [-0.1, -0.05) is 6.07 Å². The molecule has 2 N–H and O–H groups in total. The second-order valence-electron chi connectivity index (χ2n) is 7.01. The highest BCUT2D eigenvalue weighted by molar-refractivity contribution is 5.49. The lowest BCUT2D eigenvalue weighted by Crippen LogP contribution is -2.41. The van der Waals surface area contributed by atoms with Crippen molar-refractivity contribution < 1.29 is 9.84 Å². The third-order valence-corrected chi connectivity index (χ3v) is 5.06. The molecule has 4 nitrogen and oxygen atoms in total. The van der Waals surface area contributed by atoms with Gasteiger partial charge in [-0.3, -0.25) is 4.90 Å². The van der Waals surface area contributed by atoms with Crippen LogP contribution in [-0.4, -0.2) is 36.2 Å². The van der Waals surface area contributed by atoms with Crippen molar-refractivity contribution in [1.29, 1.82) is 0 Å². The van der Waals surface area contributed by atoms with E-state index in [0.29, 0.717) is 11.8 Å². The molecule has 2 aromatic rings. The number of anilines is 1. The van der Waals surface area contributed by atoms with E-state index < -0.39 is 0 Å². The molecule has 0 aromatic heterocycles. The van der Waals surface area contributed by atoms with E-state index >= 15 is 0 Å². The molecule has 1 aliphatic heterocycles. The highest BCUT2D eigenvalue weighted by Gasteiger charge is 2.21. The number of hydrogen-bond donors (Lipinski definition) is 2. The first kappa shape index (κ1) is 17.6. The molecule has 0 spiro atoms. The molecule has 0 radical (unpaired) electrons. The van der Waals surface area contributed by atoms with Crippen LogP contribution in [-0.2, 0) is 6.54 Å². The molecule has 134 valence electrons. The Hall–Kier alpha value is -2.20. The number of phenolic OH excluding ortho intramolecular Hbond substituents is 1. The van der Waals surface area contributed by atoms with E-state index in [-0.39, 0.29) is 0 Å². The maximum Gasteiger partial charge on any atom is 0.120 e. The lowest BCUT2D eigenvalue weighted by atomic mass is 10.0. The molecule has 0 saturated carbocycles. The van der Waals surface area contributed by atoms with Gasteiger partial charge in [0.2, 0.25) is 0 Å². The average molecular weight is 340 g/mol. The topological polar surface area (TPSA) is 44.7 Å². The molecule has 4 heteroatoms. The second kappa shape index (κ2) is 7.79. The highest BCUT2D eigenvalue weighted by atomic mass is 16.5. The van der Waals surface area contributed by atoms with E-state index in [1.165, 1.54) is 23.2 Å². The number of methoxy groups -OCH3 is 1. The Bertz CT molecular complexity index is 730. The van der Waals surface area contributed by atoms with Gasteiger partial charge in [-0.05, 0) is 74.7 Å². The fourth-order valence-corrected chi connectivity index (χ4v) is 3.44. The molecule has 0 amide bonds. The fraction of sp³-hybridized carbons (Fsp3) is 0.429. The molecule has 1 fully saturated rings. The minimum atomic E-state index is 0.338. The summed E-state index contributed by atoms with van der Waals surface area (Å²) < 4.78 is 5.28. The van der Waals surface area contributed by atoms with Crippen molar-refractivity contribution in [3.63, 3.8) is 0 Å². The molecule has 0 bridgehead atoms. The SMILES string of the molecule is COc1ccc(O)c(CN2CCCC(Nc3ccc(C)c(C)c3)C2)c1. The Morgan fingerprint density at radius 2 is 2.00 bits per heavy atom. The summed E-state index contributed by atoms with van der Waals surface area (Å²) in [5, 5.41) is 13.8. The smallest absolute Gasteiger partial charge is 0.120 e. The molecule has 0 aliphatic carbocycles. The van der Waals surface area contributed by atoms with Gasteiger partial charge in [0.25, 0.3) is 0 Å². The molecule has 3 rings (SSSR count). The molecule has 1 aliphatic rings. The van der Waals surface area contributed by atoms with Gasteiger partial charge < -0.3 is 15.2 Å². The van der Waals surface area contributed by atoms with Crippen LogP contribution < -0.4 is 10.1 Å². The van der Waals surface area contributed by atoms with Crippen molar-refractivity contribution in [1.82, 2.24) is 4.90 Å². The van der Waals surface area contributed by atoms with Crippen LogP contribution in [0.15, 0.2) is 36.4 Å². The summed E-state index contributed by atoms with van der Waals surface area (Å²) in [5.41, 5.74) is 4.76. The largest absolute Gasteiger partial charge is 0.508 e. The van der Waals surface area contributed by atoms with Crippen molar-refractivity contribution in [2.75, 3.05) is 25.5 Å². The first-order valence-electron chi connectivity index (χ1n) is 8.97. The van der Waals surface area contributed by atoms with Crippen molar-refractivity contribution in [2.24, 2.45) is 0 Å². The number of nitrogens with zero attached hydrogens (tertiary/aromatic N) is 1. The van der Waals surface area contributed by atoms with Crippen molar-refractivity contribution in [3.8, 4) is 11.5 Å². The minimum absolute atomic E-state index is 0.338. The Balaban J connectivity index is 1.64. The van der Waals surface area contributed by atoms with Gasteiger partial charge in [0.15, 0.2) is 0 Å². The van der Waals surface area contributed by atoms with Crippen molar-refractivity contribution in [3.05, 3.63) is 53.1 Å². The van der Waals surface area contributed by atoms with E-state index in [1.807, 2.05) is 6.07 Å². The van der Waals surface area contributed by atoms with Gasteiger partial charge in [-0.2, -0.15) is 0 Å². The maximum atomic E-state index is 10.1. The molecule has 1 heterocycles. The predicted molar refractivity (Wildman–Crippen MR) is 102 cm³/mol. The van der Waals surface area contributed by atoms with Crippen LogP contribution in [0.25, 0.3) is 0 Å². The third kappa shape index (κ3) is 4.45. The normalized spacial score (nSPS) is 18.1. The number of phenols is 1. The number of aromatic hydroxyl groups is 1. The number of nitrogens with one attached hydrogen (secondary N) is 1. The lowest BCUT2D eigenvalue weighted by molar-refractivity contribution is 0.206. The first-order chi connectivity index (χ1) is 12.0. The van der Waals surface area contributed by atoms with Gasteiger partial charge in [-0.25, -0.2) is 0 Å². The fourth-order valence-electron chi connectivity index (χ4n) is 3.44. The van der Waals surface area contributed by atoms with E-state index in [0.717, 1.165) is 37.4 Å². The lowest BCUT2D eigenvalue weighted by Gasteiger charge is -2.34. The van der Waals surface area contributed by atoms with Gasteiger partial charge in [0.05, 0.1) is 7.11 Å². The summed E-state index contributed by atoms with van der Waals surface area (Å²) in [6.07, 6.45) is 2.33. The van der Waals surface area contributed by atoms with E-state index in [2.05, 4.69) is 42.3 Å². The summed E-state index contributed by atoms with van der Waals surface area (Å²) in [6, 6.07) is 12.4. The minimum Gasteiger partial charge on any atom is -0.508 e. The zero-order valence-corrected chi connectivity index (χ0v) is 15.4. The van der Waals surface area contributed by atoms with Crippen LogP contribution >= 0.6 is 0 Å². The Labute approximate surface area is 150 Å². The van der Waals surface area contributed by atoms with Crippen LogP contribution in [0.1, 0.15) is 29.5 Å². The van der Waals surface area contributed by atoms with Gasteiger partial charge in [0, 0.05) is 30.4 Å². The molecule has 1 atom stereocenters. The first-order valence-corrected chi connectivity index (χ1v) is 8.97. The Morgan fingerprint density at radius 1 is 1.16 bits per heavy atom. The molecule has 25 heavy (non-hydrogen) atoms. The van der Waals surface area contributed by atoms with Gasteiger partial charge in [0.1, 0.15) is 11.5 Å². The molecular weight excluding hydrogens is 312 g/mol. The number of aryl methyl sites for hydroxylation is 2. The van der Waals surface area contributed by atoms with Crippen molar-refractivity contribution in [2.45, 2.75) is 39.3 Å². The second-order valence-corrected chi connectivity index (χ2v) is 7.01. The Kier molecular flexibility index (Phi) is 5.49. The number of piperidine rings is 1. The number of hydrogen-bond acceptors (Lipinski definition) is 4. The van der Waals surface area contributed by atoms with E-state index in [9.17, 15) is 5.11 Å². The van der Waals surface area contributed by atoms with E-state index in [4.69, 9.17) is 4.74 Å². The van der Waals surface area contributed by atoms with Crippen LogP contribution in [0.5, 0.6) is 11.5 Å². The Morgan fingerprint density at radius 3 is 2.76 bits per heavy atom. The summed E-state index contributed by atoms with van der Waals surface area (Å²) in [6.45, 7) is 7.07. The molecule has 1 unspecified atom stereocenters. The number of ether oxygens (including phenoxy) is 1. The van der Waals surface area contributed by atoms with Crippen molar-refractivity contribution >= 4 is 5.69 Å². The van der Waals surface area contributed by atoms with E-state index in [1.54, 1.807) is 19.2 Å². The third-order valence-electron chi connectivity index (χ3n) is 5.06. The quantitative estimate of drug-likeness (QED) is 0.860. The standard InChI is InChI=1S/C21H28N2O2/c1-15-6-7-18(11-16(15)2)22-19-5-4-10-23(14-19)13-17-12-20(25-3)8-9-21(17)24/h6-9,11-12,19,22,24H,4-5,10,13-14H2,1-3H3. The summed E-state index contributed by atoms with van der Waals surface area (Å²) in [7, 11) is 1.65. The average Bonchev–Trinajstić information content (AvgIpc) is 2.60. The van der Waals surface area contributed by atoms with Crippen LogP contribution in [0.3, 0.4) is 0 Å². The molecular formula is C21H28N2O2. The van der Waals surface area contributed by atoms with Crippen LogP contribution in [0.4, 0.5) is 5.69 Å². The van der Waals surface area contributed by atoms with Gasteiger partial charge in [-0.15, -0.1) is 0 Å². The highest BCUT2D eigenvalue weighted by Crippen LogP contribution is 2.26. The summed E-state index contributed by atoms with van der Waals surface area (Å²) in [5.74, 6) is 1.12.